The van der Waals surface area contributed by atoms with Crippen LogP contribution in [0.15, 0.2) is 72.8 Å². The number of halogens is 2. The average Bonchev–Trinajstić information content (AvgIpc) is 3.53. The first kappa shape index (κ1) is 35.6. The van der Waals surface area contributed by atoms with E-state index in [2.05, 4.69) is 5.32 Å². The summed E-state index contributed by atoms with van der Waals surface area (Å²) in [6, 6.07) is 18.9. The van der Waals surface area contributed by atoms with Crippen molar-refractivity contribution < 1.29 is 27.9 Å². The number of nitrogens with zero attached hydrogens (tertiary/aromatic N) is 1. The quantitative estimate of drug-likeness (QED) is 0.0995. The van der Waals surface area contributed by atoms with Gasteiger partial charge in [0.1, 0.15) is 17.7 Å². The van der Waals surface area contributed by atoms with Crippen LogP contribution in [0.2, 0.25) is 0 Å². The number of esters is 1. The third-order valence-corrected chi connectivity index (χ3v) is 8.65. The third kappa shape index (κ3) is 10.1. The second-order valence-electron chi connectivity index (χ2n) is 11.6. The normalized spacial score (nSPS) is 12.4. The van der Waals surface area contributed by atoms with E-state index in [1.807, 2.05) is 51.1 Å². The standard InChI is InChI=1S/C37H41F2N3O4S/c1-4-11-42(12-5-2)36(44)28-13-24(3)14-29(19-28)37(45)46-34(33(40)18-26-16-30(38)20-31(39)17-26)22-41-21-25-7-6-8-27(15-25)35-10-9-32(23-43)47-35/h6-10,13-17,19-20,23,33-34,41H,4-5,11-12,18,21-22,40H2,1-3H3. The van der Waals surface area contributed by atoms with Crippen molar-refractivity contribution in [2.75, 3.05) is 19.6 Å². The van der Waals surface area contributed by atoms with Crippen molar-refractivity contribution >= 4 is 29.5 Å². The van der Waals surface area contributed by atoms with Crippen molar-refractivity contribution in [3.05, 3.63) is 117 Å². The lowest BCUT2D eigenvalue weighted by Gasteiger charge is -2.25. The maximum Gasteiger partial charge on any atom is 0.338 e. The molecule has 0 radical (unpaired) electrons. The highest BCUT2D eigenvalue weighted by atomic mass is 32.1. The molecular formula is C37H41F2N3O4S. The fourth-order valence-electron chi connectivity index (χ4n) is 5.44. The molecule has 1 amide bonds. The minimum absolute atomic E-state index is 0.0573. The smallest absolute Gasteiger partial charge is 0.338 e. The van der Waals surface area contributed by atoms with Gasteiger partial charge < -0.3 is 20.7 Å². The topological polar surface area (TPSA) is 102 Å². The number of hydrogen-bond donors (Lipinski definition) is 2. The van der Waals surface area contributed by atoms with Crippen LogP contribution in [-0.2, 0) is 17.7 Å². The summed E-state index contributed by atoms with van der Waals surface area (Å²) in [7, 11) is 0. The number of benzene rings is 3. The number of hydrogen-bond acceptors (Lipinski definition) is 7. The summed E-state index contributed by atoms with van der Waals surface area (Å²) in [6.45, 7) is 7.62. The van der Waals surface area contributed by atoms with Gasteiger partial charge in [0.05, 0.1) is 10.4 Å². The zero-order valence-corrected chi connectivity index (χ0v) is 27.7. The van der Waals surface area contributed by atoms with Crippen LogP contribution in [0.25, 0.3) is 10.4 Å². The first-order valence-electron chi connectivity index (χ1n) is 15.8. The number of amides is 1. The van der Waals surface area contributed by atoms with E-state index in [1.54, 1.807) is 29.2 Å². The second-order valence-corrected chi connectivity index (χ2v) is 12.7. The van der Waals surface area contributed by atoms with Gasteiger partial charge in [-0.25, -0.2) is 13.6 Å². The van der Waals surface area contributed by atoms with Gasteiger partial charge in [0.15, 0.2) is 6.29 Å². The molecule has 4 rings (SSSR count). The van der Waals surface area contributed by atoms with E-state index in [9.17, 15) is 23.2 Å². The fraction of sp³-hybridized carbons (Fsp3) is 0.324. The highest BCUT2D eigenvalue weighted by molar-refractivity contribution is 7.17. The molecule has 248 valence electrons. The number of ether oxygens (including phenoxy) is 1. The molecule has 1 aromatic heterocycles. The van der Waals surface area contributed by atoms with E-state index in [0.29, 0.717) is 35.6 Å². The largest absolute Gasteiger partial charge is 0.456 e. The van der Waals surface area contributed by atoms with E-state index < -0.39 is 29.7 Å². The van der Waals surface area contributed by atoms with Gasteiger partial charge in [-0.15, -0.1) is 11.3 Å². The molecule has 0 aliphatic carbocycles. The number of thiophene rings is 1. The SMILES string of the molecule is CCCN(CCC)C(=O)c1cc(C)cc(C(=O)OC(CNCc2cccc(-c3ccc(C=O)s3)c2)C(N)Cc2cc(F)cc(F)c2)c1. The molecule has 4 aromatic rings. The average molecular weight is 662 g/mol. The summed E-state index contributed by atoms with van der Waals surface area (Å²) < 4.78 is 33.8. The maximum absolute atomic E-state index is 13.9. The number of aryl methyl sites for hydroxylation is 1. The Balaban J connectivity index is 1.53. The van der Waals surface area contributed by atoms with Crippen molar-refractivity contribution in [3.8, 4) is 10.4 Å². The minimum atomic E-state index is -0.874. The minimum Gasteiger partial charge on any atom is -0.456 e. The van der Waals surface area contributed by atoms with Crippen LogP contribution in [0.4, 0.5) is 8.78 Å². The molecular weight excluding hydrogens is 620 g/mol. The molecule has 0 aliphatic heterocycles. The Bertz CT molecular complexity index is 1670. The van der Waals surface area contributed by atoms with Crippen LogP contribution in [0.5, 0.6) is 0 Å². The molecule has 0 spiro atoms. The molecule has 0 bridgehead atoms. The van der Waals surface area contributed by atoms with Gasteiger partial charge >= 0.3 is 5.97 Å². The van der Waals surface area contributed by atoms with Crippen molar-refractivity contribution in [2.24, 2.45) is 5.73 Å². The Morgan fingerprint density at radius 3 is 2.30 bits per heavy atom. The molecule has 47 heavy (non-hydrogen) atoms. The highest BCUT2D eigenvalue weighted by Crippen LogP contribution is 2.28. The fourth-order valence-corrected chi connectivity index (χ4v) is 6.26. The Kier molecular flexibility index (Phi) is 12.9. The van der Waals surface area contributed by atoms with E-state index in [0.717, 1.165) is 46.8 Å². The molecule has 0 aliphatic rings. The van der Waals surface area contributed by atoms with Crippen LogP contribution in [0.1, 0.15) is 73.8 Å². The van der Waals surface area contributed by atoms with Gasteiger partial charge in [-0.05, 0) is 97.0 Å². The molecule has 3 N–H and O–H groups in total. The van der Waals surface area contributed by atoms with E-state index in [4.69, 9.17) is 10.5 Å². The van der Waals surface area contributed by atoms with Gasteiger partial charge in [-0.1, -0.05) is 32.0 Å². The van der Waals surface area contributed by atoms with Gasteiger partial charge in [-0.2, -0.15) is 0 Å². The summed E-state index contributed by atoms with van der Waals surface area (Å²) in [4.78, 5) is 41.4. The van der Waals surface area contributed by atoms with Gasteiger partial charge in [0, 0.05) is 48.7 Å². The highest BCUT2D eigenvalue weighted by Gasteiger charge is 2.25. The molecule has 0 saturated carbocycles. The third-order valence-electron chi connectivity index (χ3n) is 7.59. The Morgan fingerprint density at radius 1 is 0.936 bits per heavy atom. The maximum atomic E-state index is 13.9. The summed E-state index contributed by atoms with van der Waals surface area (Å²) in [5.41, 5.74) is 10.2. The zero-order chi connectivity index (χ0) is 33.9. The van der Waals surface area contributed by atoms with Crippen LogP contribution in [-0.4, -0.2) is 54.8 Å². The predicted molar refractivity (Wildman–Crippen MR) is 182 cm³/mol. The molecule has 7 nitrogen and oxygen atoms in total. The van der Waals surface area contributed by atoms with Crippen molar-refractivity contribution in [1.29, 1.82) is 0 Å². The lowest BCUT2D eigenvalue weighted by molar-refractivity contribution is 0.0238. The molecule has 0 fully saturated rings. The number of carbonyl (C=O) groups excluding carboxylic acids is 3. The van der Waals surface area contributed by atoms with Crippen LogP contribution in [0.3, 0.4) is 0 Å². The van der Waals surface area contributed by atoms with Crippen molar-refractivity contribution in [2.45, 2.75) is 58.7 Å². The number of rotatable bonds is 16. The van der Waals surface area contributed by atoms with Gasteiger partial charge in [0.25, 0.3) is 5.91 Å². The Morgan fingerprint density at radius 2 is 1.64 bits per heavy atom. The summed E-state index contributed by atoms with van der Waals surface area (Å²) in [5.74, 6) is -2.25. The van der Waals surface area contributed by atoms with E-state index in [1.165, 1.54) is 23.5 Å². The molecule has 10 heteroatoms. The summed E-state index contributed by atoms with van der Waals surface area (Å²) in [5, 5.41) is 3.31. The predicted octanol–water partition coefficient (Wildman–Crippen LogP) is 6.96. The summed E-state index contributed by atoms with van der Waals surface area (Å²) in [6.07, 6.45) is 1.63. The number of aldehydes is 1. The van der Waals surface area contributed by atoms with Crippen molar-refractivity contribution in [1.82, 2.24) is 10.2 Å². The molecule has 1 heterocycles. The number of carbonyl (C=O) groups is 3. The van der Waals surface area contributed by atoms with Gasteiger partial charge in [-0.3, -0.25) is 9.59 Å². The molecule has 3 aromatic carbocycles. The Labute approximate surface area is 278 Å². The summed E-state index contributed by atoms with van der Waals surface area (Å²) >= 11 is 1.41. The van der Waals surface area contributed by atoms with Gasteiger partial charge in [0.2, 0.25) is 0 Å². The molecule has 2 unspecified atom stereocenters. The van der Waals surface area contributed by atoms with E-state index >= 15 is 0 Å². The lowest BCUT2D eigenvalue weighted by atomic mass is 10.0. The lowest BCUT2D eigenvalue weighted by Crippen LogP contribution is -2.46. The monoisotopic (exact) mass is 661 g/mol. The molecule has 2 atom stereocenters. The first-order valence-corrected chi connectivity index (χ1v) is 16.6. The first-order chi connectivity index (χ1) is 22.6. The number of nitrogens with one attached hydrogen (secondary N) is 1. The zero-order valence-electron chi connectivity index (χ0n) is 26.9. The van der Waals surface area contributed by atoms with E-state index in [-0.39, 0.29) is 24.4 Å². The van der Waals surface area contributed by atoms with Crippen LogP contribution < -0.4 is 11.1 Å². The Hall–Kier alpha value is -4.25. The van der Waals surface area contributed by atoms with Crippen molar-refractivity contribution in [3.63, 3.8) is 0 Å². The van der Waals surface area contributed by atoms with Crippen LogP contribution >= 0.6 is 11.3 Å². The number of nitrogens with two attached hydrogens (primary N) is 1. The molecule has 0 saturated heterocycles. The second kappa shape index (κ2) is 17.1. The van der Waals surface area contributed by atoms with Crippen LogP contribution in [0, 0.1) is 18.6 Å².